The predicted molar refractivity (Wildman–Crippen MR) is 153 cm³/mol. The molecule has 7 heterocycles. The van der Waals surface area contributed by atoms with Gasteiger partial charge in [0.15, 0.2) is 0 Å². The number of amides is 2. The van der Waals surface area contributed by atoms with Gasteiger partial charge in [0.2, 0.25) is 11.8 Å². The smallest absolute Gasteiger partial charge is 0.318 e. The minimum absolute atomic E-state index is 0.0895. The fraction of sp³-hybridized carbons (Fsp3) is 0.567. The van der Waals surface area contributed by atoms with E-state index in [-0.39, 0.29) is 29.2 Å². The van der Waals surface area contributed by atoms with Gasteiger partial charge in [-0.25, -0.2) is 0 Å². The van der Waals surface area contributed by atoms with Gasteiger partial charge in [0.25, 0.3) is 0 Å². The van der Waals surface area contributed by atoms with E-state index in [9.17, 15) is 9.59 Å². The molecule has 2 amide bonds. The predicted octanol–water partition coefficient (Wildman–Crippen LogP) is 2.25. The molecule has 11 nitrogen and oxygen atoms in total. The first-order valence-electron chi connectivity index (χ1n) is 15.0. The molecule has 8 rings (SSSR count). The highest BCUT2D eigenvalue weighted by molar-refractivity contribution is 6.06. The minimum atomic E-state index is -0.327. The van der Waals surface area contributed by atoms with E-state index in [1.54, 1.807) is 0 Å². The Hall–Kier alpha value is -3.73. The SMILES string of the molecule is Cc1cc2[nH]ncc2c(N2CCc3c(nc(OCC45CCCN4CCC5)nc3N3CC4C(=O)NC(=O)C4C3)C2)c1C. The third kappa shape index (κ3) is 3.84. The van der Waals surface area contributed by atoms with E-state index in [4.69, 9.17) is 14.7 Å². The van der Waals surface area contributed by atoms with E-state index in [2.05, 4.69) is 50.1 Å². The first-order chi connectivity index (χ1) is 19.9. The quantitative estimate of drug-likeness (QED) is 0.456. The number of aryl methyl sites for hydroxylation is 1. The number of rotatable bonds is 5. The van der Waals surface area contributed by atoms with Crippen molar-refractivity contribution in [1.82, 2.24) is 30.4 Å². The fourth-order valence-corrected chi connectivity index (χ4v) is 8.10. The van der Waals surface area contributed by atoms with E-state index in [1.165, 1.54) is 29.7 Å². The minimum Gasteiger partial charge on any atom is -0.461 e. The van der Waals surface area contributed by atoms with Crippen LogP contribution in [0.3, 0.4) is 0 Å². The lowest BCUT2D eigenvalue weighted by Gasteiger charge is -2.35. The second-order valence-electron chi connectivity index (χ2n) is 12.6. The molecule has 0 spiro atoms. The molecule has 0 saturated carbocycles. The zero-order chi connectivity index (χ0) is 27.9. The highest BCUT2D eigenvalue weighted by Crippen LogP contribution is 2.41. The Morgan fingerprint density at radius 3 is 2.54 bits per heavy atom. The van der Waals surface area contributed by atoms with Crippen molar-refractivity contribution in [3.63, 3.8) is 0 Å². The number of anilines is 2. The molecule has 2 unspecified atom stereocenters. The molecule has 5 aliphatic rings. The number of aromatic amines is 1. The lowest BCUT2D eigenvalue weighted by atomic mass is 9.95. The number of aromatic nitrogens is 4. The van der Waals surface area contributed by atoms with Gasteiger partial charge in [-0.1, -0.05) is 0 Å². The molecule has 0 aliphatic carbocycles. The zero-order valence-electron chi connectivity index (χ0n) is 23.7. The summed E-state index contributed by atoms with van der Waals surface area (Å²) in [5.41, 5.74) is 6.82. The van der Waals surface area contributed by atoms with Gasteiger partial charge in [0.1, 0.15) is 12.4 Å². The van der Waals surface area contributed by atoms with Gasteiger partial charge in [-0.3, -0.25) is 24.9 Å². The number of fused-ring (bicyclic) bond motifs is 4. The van der Waals surface area contributed by atoms with Gasteiger partial charge in [-0.05, 0) is 76.2 Å². The van der Waals surface area contributed by atoms with Crippen molar-refractivity contribution in [3.05, 3.63) is 34.6 Å². The average molecular weight is 557 g/mol. The number of ether oxygens (including phenoxy) is 1. The van der Waals surface area contributed by atoms with Crippen LogP contribution < -0.4 is 19.9 Å². The third-order valence-corrected chi connectivity index (χ3v) is 10.4. The van der Waals surface area contributed by atoms with Crippen molar-refractivity contribution in [2.45, 2.75) is 58.0 Å². The van der Waals surface area contributed by atoms with Crippen LogP contribution >= 0.6 is 0 Å². The maximum Gasteiger partial charge on any atom is 0.318 e. The molecule has 214 valence electrons. The van der Waals surface area contributed by atoms with Crippen molar-refractivity contribution in [2.24, 2.45) is 11.8 Å². The highest BCUT2D eigenvalue weighted by Gasteiger charge is 2.49. The first kappa shape index (κ1) is 25.0. The fourth-order valence-electron chi connectivity index (χ4n) is 8.10. The van der Waals surface area contributed by atoms with Gasteiger partial charge in [0, 0.05) is 30.6 Å². The molecule has 4 fully saturated rings. The number of nitrogens with one attached hydrogen (secondary N) is 2. The first-order valence-corrected chi connectivity index (χ1v) is 15.0. The van der Waals surface area contributed by atoms with Crippen LogP contribution in [0.1, 0.15) is 48.1 Å². The molecule has 11 heteroatoms. The number of imide groups is 1. The topological polar surface area (TPSA) is 120 Å². The van der Waals surface area contributed by atoms with E-state index in [1.807, 2.05) is 6.20 Å². The lowest BCUT2D eigenvalue weighted by molar-refractivity contribution is -0.126. The molecule has 0 radical (unpaired) electrons. The maximum absolute atomic E-state index is 12.5. The average Bonchev–Trinajstić information content (AvgIpc) is 3.77. The summed E-state index contributed by atoms with van der Waals surface area (Å²) in [5, 5.41) is 11.1. The van der Waals surface area contributed by atoms with Crippen LogP contribution in [-0.4, -0.2) is 81.7 Å². The second kappa shape index (κ2) is 9.14. The Labute approximate surface area is 238 Å². The molecular weight excluding hydrogens is 520 g/mol. The van der Waals surface area contributed by atoms with Gasteiger partial charge < -0.3 is 14.5 Å². The number of benzene rings is 1. The van der Waals surface area contributed by atoms with Crippen molar-refractivity contribution >= 4 is 34.2 Å². The van der Waals surface area contributed by atoms with Crippen LogP contribution in [0, 0.1) is 25.7 Å². The van der Waals surface area contributed by atoms with Crippen molar-refractivity contribution in [2.75, 3.05) is 49.1 Å². The Balaban J connectivity index is 1.16. The van der Waals surface area contributed by atoms with E-state index in [0.717, 1.165) is 66.9 Å². The molecule has 2 aromatic heterocycles. The van der Waals surface area contributed by atoms with E-state index >= 15 is 0 Å². The van der Waals surface area contributed by atoms with Crippen LogP contribution in [-0.2, 0) is 22.6 Å². The Kier molecular flexibility index (Phi) is 5.58. The summed E-state index contributed by atoms with van der Waals surface area (Å²) in [6.45, 7) is 9.59. The molecule has 4 saturated heterocycles. The molecule has 2 atom stereocenters. The summed E-state index contributed by atoms with van der Waals surface area (Å²) in [4.78, 5) is 42.0. The zero-order valence-corrected chi connectivity index (χ0v) is 23.7. The number of nitrogens with zero attached hydrogens (tertiary/aromatic N) is 6. The second-order valence-corrected chi connectivity index (χ2v) is 12.6. The van der Waals surface area contributed by atoms with Gasteiger partial charge in [-0.2, -0.15) is 15.1 Å². The summed E-state index contributed by atoms with van der Waals surface area (Å²) >= 11 is 0. The van der Waals surface area contributed by atoms with Crippen LogP contribution in [0.2, 0.25) is 0 Å². The van der Waals surface area contributed by atoms with Crippen LogP contribution in [0.25, 0.3) is 10.9 Å². The highest BCUT2D eigenvalue weighted by atomic mass is 16.5. The van der Waals surface area contributed by atoms with Crippen molar-refractivity contribution < 1.29 is 14.3 Å². The van der Waals surface area contributed by atoms with Gasteiger partial charge in [0.05, 0.1) is 47.0 Å². The van der Waals surface area contributed by atoms with E-state index < -0.39 is 0 Å². The summed E-state index contributed by atoms with van der Waals surface area (Å²) in [5.74, 6) is -0.179. The maximum atomic E-state index is 12.5. The molecule has 3 aromatic rings. The summed E-state index contributed by atoms with van der Waals surface area (Å²) in [6.07, 6.45) is 7.39. The van der Waals surface area contributed by atoms with Crippen molar-refractivity contribution in [1.29, 1.82) is 0 Å². The summed E-state index contributed by atoms with van der Waals surface area (Å²) in [6, 6.07) is 2.55. The normalized spacial score (nSPS) is 25.1. The van der Waals surface area contributed by atoms with Crippen LogP contribution in [0.4, 0.5) is 11.5 Å². The number of H-pyrrole nitrogens is 1. The molecule has 1 aromatic carbocycles. The van der Waals surface area contributed by atoms with Crippen molar-refractivity contribution in [3.8, 4) is 6.01 Å². The van der Waals surface area contributed by atoms with Crippen LogP contribution in [0.5, 0.6) is 6.01 Å². The Bertz CT molecular complexity index is 1550. The van der Waals surface area contributed by atoms with E-state index in [0.29, 0.717) is 32.3 Å². The largest absolute Gasteiger partial charge is 0.461 e. The number of carbonyl (C=O) groups is 2. The number of carbonyl (C=O) groups excluding carboxylic acids is 2. The summed E-state index contributed by atoms with van der Waals surface area (Å²) in [7, 11) is 0. The molecule has 5 aliphatic heterocycles. The number of hydrogen-bond donors (Lipinski definition) is 2. The lowest BCUT2D eigenvalue weighted by Crippen LogP contribution is -2.43. The van der Waals surface area contributed by atoms with Gasteiger partial charge in [-0.15, -0.1) is 0 Å². The summed E-state index contributed by atoms with van der Waals surface area (Å²) < 4.78 is 6.47. The van der Waals surface area contributed by atoms with Crippen LogP contribution in [0.15, 0.2) is 12.3 Å². The van der Waals surface area contributed by atoms with Gasteiger partial charge >= 0.3 is 6.01 Å². The number of hydrogen-bond acceptors (Lipinski definition) is 9. The standard InChI is InChI=1S/C30H36N8O3/c1-17-11-23-20(12-31-35-23)25(18(17)2)36-10-5-19-24(15-36)32-29(41-16-30-6-3-8-38(30)9-4-7-30)33-26(19)37-13-21-22(14-37)28(40)34-27(21)39/h11-12,21-22H,3-10,13-16H2,1-2H3,(H,31,35)(H,34,39,40). The third-order valence-electron chi connectivity index (χ3n) is 10.4. The molecular formula is C30H36N8O3. The monoisotopic (exact) mass is 556 g/mol. The molecule has 41 heavy (non-hydrogen) atoms. The Morgan fingerprint density at radius 2 is 1.78 bits per heavy atom. The Morgan fingerprint density at radius 1 is 1.02 bits per heavy atom. The molecule has 0 bridgehead atoms. The molecule has 2 N–H and O–H groups in total.